The summed E-state index contributed by atoms with van der Waals surface area (Å²) in [6.07, 6.45) is 14.4. The minimum atomic E-state index is 0.707. The maximum Gasteiger partial charge on any atom is 0.00387 e. The van der Waals surface area contributed by atoms with Crippen LogP contribution in [0.4, 0.5) is 0 Å². The molecule has 2 heteroatoms. The summed E-state index contributed by atoms with van der Waals surface area (Å²) in [7, 11) is 0. The molecule has 1 N–H and O–H groups in total. The summed E-state index contributed by atoms with van der Waals surface area (Å²) < 4.78 is 0. The van der Waals surface area contributed by atoms with Gasteiger partial charge in [-0.25, -0.2) is 0 Å². The largest absolute Gasteiger partial charge is 0.314 e. The van der Waals surface area contributed by atoms with Crippen LogP contribution < -0.4 is 5.32 Å². The lowest BCUT2D eigenvalue weighted by Crippen LogP contribution is -2.39. The summed E-state index contributed by atoms with van der Waals surface area (Å²) in [6, 6.07) is 0.707. The van der Waals surface area contributed by atoms with Crippen molar-refractivity contribution in [2.24, 2.45) is 5.41 Å². The van der Waals surface area contributed by atoms with E-state index in [1.165, 1.54) is 90.4 Å². The van der Waals surface area contributed by atoms with E-state index in [9.17, 15) is 0 Å². The zero-order valence-electron chi connectivity index (χ0n) is 13.9. The molecule has 0 aromatic rings. The van der Waals surface area contributed by atoms with Crippen molar-refractivity contribution in [3.8, 4) is 0 Å². The van der Waals surface area contributed by atoms with Gasteiger partial charge in [0.1, 0.15) is 0 Å². The Morgan fingerprint density at radius 3 is 2.40 bits per heavy atom. The highest BCUT2D eigenvalue weighted by atomic mass is 15.1. The van der Waals surface area contributed by atoms with Crippen LogP contribution in [0.15, 0.2) is 0 Å². The van der Waals surface area contributed by atoms with Crippen LogP contribution in [0.2, 0.25) is 0 Å². The average molecular weight is 280 g/mol. The molecule has 0 amide bonds. The van der Waals surface area contributed by atoms with E-state index in [0.29, 0.717) is 6.04 Å². The first kappa shape index (κ1) is 16.3. The Hall–Kier alpha value is -0.0800. The lowest BCUT2D eigenvalue weighted by molar-refractivity contribution is 0.107. The van der Waals surface area contributed by atoms with Gasteiger partial charge in [-0.3, -0.25) is 0 Å². The maximum atomic E-state index is 3.59. The van der Waals surface area contributed by atoms with Crippen molar-refractivity contribution in [2.45, 2.75) is 84.1 Å². The van der Waals surface area contributed by atoms with Gasteiger partial charge in [-0.1, -0.05) is 26.2 Å². The Balaban J connectivity index is 1.51. The fourth-order valence-electron chi connectivity index (χ4n) is 4.15. The Bertz CT molecular complexity index is 248. The van der Waals surface area contributed by atoms with E-state index < -0.39 is 0 Å². The van der Waals surface area contributed by atoms with Gasteiger partial charge in [-0.05, 0) is 83.5 Å². The fourth-order valence-corrected chi connectivity index (χ4v) is 4.15. The van der Waals surface area contributed by atoms with Crippen LogP contribution in [0.25, 0.3) is 0 Å². The van der Waals surface area contributed by atoms with Gasteiger partial charge < -0.3 is 10.2 Å². The summed E-state index contributed by atoms with van der Waals surface area (Å²) in [5.74, 6) is 0. The predicted octanol–water partition coefficient (Wildman–Crippen LogP) is 4.20. The minimum absolute atomic E-state index is 0.707. The first-order valence-electron chi connectivity index (χ1n) is 9.20. The third kappa shape index (κ3) is 5.04. The molecular formula is C18H36N2. The molecule has 0 aromatic carbocycles. The molecular weight excluding hydrogens is 244 g/mol. The number of hydrogen-bond donors (Lipinski definition) is 1. The summed E-state index contributed by atoms with van der Waals surface area (Å²) in [5, 5.41) is 3.59. The molecule has 0 radical (unpaired) electrons. The number of likely N-dealkylation sites (tertiary alicyclic amines) is 1. The molecule has 20 heavy (non-hydrogen) atoms. The lowest BCUT2D eigenvalue weighted by Gasteiger charge is -2.39. The van der Waals surface area contributed by atoms with Gasteiger partial charge in [-0.15, -0.1) is 0 Å². The molecule has 118 valence electrons. The standard InChI is InChI=1S/C18H36N2/c1-3-13-19-17(2)8-4-7-14-20-15-11-18(12-16-20)9-5-6-10-18/h17,19H,3-16H2,1-2H3. The van der Waals surface area contributed by atoms with E-state index in [1.54, 1.807) is 0 Å². The number of nitrogens with zero attached hydrogens (tertiary/aromatic N) is 1. The van der Waals surface area contributed by atoms with Crippen molar-refractivity contribution in [2.75, 3.05) is 26.2 Å². The van der Waals surface area contributed by atoms with Crippen LogP contribution in [0.3, 0.4) is 0 Å². The van der Waals surface area contributed by atoms with Gasteiger partial charge in [0.15, 0.2) is 0 Å². The molecule has 2 rings (SSSR count). The van der Waals surface area contributed by atoms with E-state index in [2.05, 4.69) is 24.1 Å². The van der Waals surface area contributed by atoms with Gasteiger partial charge in [0.2, 0.25) is 0 Å². The monoisotopic (exact) mass is 280 g/mol. The maximum absolute atomic E-state index is 3.59. The van der Waals surface area contributed by atoms with Gasteiger partial charge in [0.05, 0.1) is 0 Å². The van der Waals surface area contributed by atoms with Gasteiger partial charge in [0, 0.05) is 6.04 Å². The third-order valence-corrected chi connectivity index (χ3v) is 5.69. The summed E-state index contributed by atoms with van der Waals surface area (Å²) in [6.45, 7) is 9.85. The molecule has 1 saturated carbocycles. The van der Waals surface area contributed by atoms with Crippen molar-refractivity contribution < 1.29 is 0 Å². The first-order valence-corrected chi connectivity index (χ1v) is 9.20. The number of hydrogen-bond acceptors (Lipinski definition) is 2. The topological polar surface area (TPSA) is 15.3 Å². The number of piperidine rings is 1. The Morgan fingerprint density at radius 2 is 1.75 bits per heavy atom. The Labute approximate surface area is 126 Å². The second-order valence-electron chi connectivity index (χ2n) is 7.40. The van der Waals surface area contributed by atoms with Crippen LogP contribution in [-0.4, -0.2) is 37.1 Å². The molecule has 0 aromatic heterocycles. The third-order valence-electron chi connectivity index (χ3n) is 5.69. The molecule has 1 unspecified atom stereocenters. The van der Waals surface area contributed by atoms with Crippen LogP contribution in [0, 0.1) is 5.41 Å². The lowest BCUT2D eigenvalue weighted by atomic mass is 9.77. The molecule has 1 atom stereocenters. The van der Waals surface area contributed by atoms with E-state index >= 15 is 0 Å². The molecule has 2 nitrogen and oxygen atoms in total. The summed E-state index contributed by atoms with van der Waals surface area (Å²) in [4.78, 5) is 2.73. The Morgan fingerprint density at radius 1 is 1.05 bits per heavy atom. The second kappa shape index (κ2) is 8.38. The summed E-state index contributed by atoms with van der Waals surface area (Å²) >= 11 is 0. The molecule has 1 spiro atoms. The molecule has 2 fully saturated rings. The van der Waals surface area contributed by atoms with Crippen molar-refractivity contribution >= 4 is 0 Å². The smallest absolute Gasteiger partial charge is 0.00387 e. The van der Waals surface area contributed by atoms with Crippen LogP contribution in [0.1, 0.15) is 78.1 Å². The van der Waals surface area contributed by atoms with E-state index in [1.807, 2.05) is 0 Å². The van der Waals surface area contributed by atoms with Crippen LogP contribution in [-0.2, 0) is 0 Å². The van der Waals surface area contributed by atoms with Crippen molar-refractivity contribution in [3.63, 3.8) is 0 Å². The highest BCUT2D eigenvalue weighted by Crippen LogP contribution is 2.46. The molecule has 0 bridgehead atoms. The number of unbranched alkanes of at least 4 members (excludes halogenated alkanes) is 1. The highest BCUT2D eigenvalue weighted by molar-refractivity contribution is 4.89. The van der Waals surface area contributed by atoms with Crippen LogP contribution in [0.5, 0.6) is 0 Å². The van der Waals surface area contributed by atoms with Gasteiger partial charge in [-0.2, -0.15) is 0 Å². The molecule has 1 aliphatic heterocycles. The number of rotatable bonds is 8. The van der Waals surface area contributed by atoms with Gasteiger partial charge >= 0.3 is 0 Å². The quantitative estimate of drug-likeness (QED) is 0.670. The normalized spacial score (nSPS) is 24.3. The zero-order valence-corrected chi connectivity index (χ0v) is 13.9. The predicted molar refractivity (Wildman–Crippen MR) is 88.2 cm³/mol. The molecule has 2 aliphatic rings. The molecule has 1 heterocycles. The molecule has 1 aliphatic carbocycles. The second-order valence-corrected chi connectivity index (χ2v) is 7.40. The molecule has 1 saturated heterocycles. The van der Waals surface area contributed by atoms with E-state index in [4.69, 9.17) is 0 Å². The number of nitrogens with one attached hydrogen (secondary N) is 1. The first-order chi connectivity index (χ1) is 9.74. The van der Waals surface area contributed by atoms with Crippen molar-refractivity contribution in [3.05, 3.63) is 0 Å². The van der Waals surface area contributed by atoms with E-state index in [-0.39, 0.29) is 0 Å². The zero-order chi connectivity index (χ0) is 14.3. The average Bonchev–Trinajstić information content (AvgIpc) is 2.92. The minimum Gasteiger partial charge on any atom is -0.314 e. The Kier molecular flexibility index (Phi) is 6.83. The van der Waals surface area contributed by atoms with Crippen molar-refractivity contribution in [1.29, 1.82) is 0 Å². The fraction of sp³-hybridized carbons (Fsp3) is 1.00. The highest BCUT2D eigenvalue weighted by Gasteiger charge is 2.36. The SMILES string of the molecule is CCCNC(C)CCCCN1CCC2(CCCC2)CC1. The summed E-state index contributed by atoms with van der Waals surface area (Å²) in [5.41, 5.74) is 0.787. The van der Waals surface area contributed by atoms with Gasteiger partial charge in [0.25, 0.3) is 0 Å². The van der Waals surface area contributed by atoms with Crippen LogP contribution >= 0.6 is 0 Å². The van der Waals surface area contributed by atoms with Crippen molar-refractivity contribution in [1.82, 2.24) is 10.2 Å². The van der Waals surface area contributed by atoms with E-state index in [0.717, 1.165) is 5.41 Å².